The van der Waals surface area contributed by atoms with Gasteiger partial charge in [-0.05, 0) is 32.4 Å². The summed E-state index contributed by atoms with van der Waals surface area (Å²) < 4.78 is 48.2. The number of halogens is 1. The van der Waals surface area contributed by atoms with E-state index in [2.05, 4.69) is 24.9 Å². The van der Waals surface area contributed by atoms with Crippen molar-refractivity contribution in [1.29, 1.82) is 0 Å². The fourth-order valence-corrected chi connectivity index (χ4v) is 5.48. The molecule has 0 spiro atoms. The molecule has 1 fully saturated rings. The van der Waals surface area contributed by atoms with Crippen LogP contribution in [0.5, 0.6) is 11.5 Å². The highest BCUT2D eigenvalue weighted by atomic mass is 35.5. The zero-order valence-electron chi connectivity index (χ0n) is 20.7. The summed E-state index contributed by atoms with van der Waals surface area (Å²) in [4.78, 5) is 8.36. The van der Waals surface area contributed by atoms with Gasteiger partial charge in [-0.15, -0.1) is 10.2 Å². The van der Waals surface area contributed by atoms with E-state index in [0.29, 0.717) is 46.9 Å². The van der Waals surface area contributed by atoms with Gasteiger partial charge in [-0.3, -0.25) is 9.29 Å². The quantitative estimate of drug-likeness (QED) is 0.436. The lowest BCUT2D eigenvalue weighted by atomic mass is 10.1. The monoisotopic (exact) mass is 536 g/mol. The third-order valence-corrected chi connectivity index (χ3v) is 8.40. The van der Waals surface area contributed by atoms with Crippen LogP contribution in [0.25, 0.3) is 5.69 Å². The molecule has 2 unspecified atom stereocenters. The number of methoxy groups -OCH3 is 2. The van der Waals surface area contributed by atoms with Crippen molar-refractivity contribution in [3.8, 4) is 17.2 Å². The Labute approximate surface area is 215 Å². The van der Waals surface area contributed by atoms with Crippen LogP contribution < -0.4 is 14.2 Å². The van der Waals surface area contributed by atoms with Gasteiger partial charge in [0.05, 0.1) is 37.2 Å². The van der Waals surface area contributed by atoms with E-state index >= 15 is 0 Å². The average molecular weight is 537 g/mol. The highest BCUT2D eigenvalue weighted by Crippen LogP contribution is 2.39. The number of rotatable bonds is 9. The highest BCUT2D eigenvalue weighted by molar-refractivity contribution is 7.93. The normalized spacial score (nSPS) is 19.6. The van der Waals surface area contributed by atoms with E-state index in [4.69, 9.17) is 25.8 Å². The van der Waals surface area contributed by atoms with Gasteiger partial charge in [0.25, 0.3) is 0 Å². The first-order valence-corrected chi connectivity index (χ1v) is 13.4. The largest absolute Gasteiger partial charge is 0.494 e. The summed E-state index contributed by atoms with van der Waals surface area (Å²) in [6.45, 7) is 5.74. The number of anilines is 1. The van der Waals surface area contributed by atoms with Gasteiger partial charge in [-0.25, -0.2) is 18.4 Å². The number of ether oxygens (including phenoxy) is 3. The Morgan fingerprint density at radius 1 is 1.14 bits per heavy atom. The first-order valence-electron chi connectivity index (χ1n) is 11.4. The average Bonchev–Trinajstić information content (AvgIpc) is 3.48. The maximum absolute atomic E-state index is 13.5. The van der Waals surface area contributed by atoms with E-state index in [9.17, 15) is 8.42 Å². The number of benzene rings is 1. The second-order valence-electron chi connectivity index (χ2n) is 8.71. The maximum Gasteiger partial charge on any atom is 0.243 e. The zero-order chi connectivity index (χ0) is 26.0. The summed E-state index contributed by atoms with van der Waals surface area (Å²) in [5, 5.41) is 8.07. The van der Waals surface area contributed by atoms with Gasteiger partial charge in [-0.2, -0.15) is 0 Å². The highest BCUT2D eigenvalue weighted by Gasteiger charge is 2.35. The fourth-order valence-electron chi connectivity index (χ4n) is 4.15. The number of hydrogen-bond donors (Lipinski definition) is 1. The molecule has 1 aliphatic heterocycles. The summed E-state index contributed by atoms with van der Waals surface area (Å²) in [6, 6.07) is 5.30. The molecule has 0 saturated carbocycles. The summed E-state index contributed by atoms with van der Waals surface area (Å²) in [7, 11) is -0.900. The van der Waals surface area contributed by atoms with Gasteiger partial charge in [0.1, 0.15) is 28.8 Å². The van der Waals surface area contributed by atoms with Gasteiger partial charge in [0.15, 0.2) is 0 Å². The van der Waals surface area contributed by atoms with Crippen LogP contribution >= 0.6 is 11.6 Å². The van der Waals surface area contributed by atoms with E-state index in [-0.39, 0.29) is 18.0 Å². The van der Waals surface area contributed by atoms with Crippen molar-refractivity contribution < 1.29 is 22.6 Å². The van der Waals surface area contributed by atoms with Crippen LogP contribution in [0.2, 0.25) is 5.02 Å². The van der Waals surface area contributed by atoms with E-state index in [1.807, 2.05) is 6.92 Å². The second kappa shape index (κ2) is 10.6. The zero-order valence-corrected chi connectivity index (χ0v) is 22.2. The predicted octanol–water partition coefficient (Wildman–Crippen LogP) is 3.55. The van der Waals surface area contributed by atoms with Crippen LogP contribution in [0.15, 0.2) is 30.6 Å². The molecule has 36 heavy (non-hydrogen) atoms. The molecule has 1 saturated heterocycles. The molecule has 194 valence electrons. The van der Waals surface area contributed by atoms with Gasteiger partial charge >= 0.3 is 0 Å². The van der Waals surface area contributed by atoms with Gasteiger partial charge < -0.3 is 14.2 Å². The molecule has 1 aromatic carbocycles. The molecule has 0 amide bonds. The van der Waals surface area contributed by atoms with Crippen molar-refractivity contribution >= 4 is 27.6 Å². The number of nitrogens with one attached hydrogen (secondary N) is 1. The van der Waals surface area contributed by atoms with Crippen molar-refractivity contribution in [2.24, 2.45) is 0 Å². The first-order chi connectivity index (χ1) is 17.2. The minimum atomic E-state index is -3.96. The summed E-state index contributed by atoms with van der Waals surface area (Å²) >= 11 is 5.88. The lowest BCUT2D eigenvalue weighted by Crippen LogP contribution is -2.31. The summed E-state index contributed by atoms with van der Waals surface area (Å²) in [5.74, 6) is 1.24. The molecular weight excluding hydrogens is 508 g/mol. The number of para-hydroxylation sites is 1. The Hall–Kier alpha value is -2.96. The van der Waals surface area contributed by atoms with Crippen molar-refractivity contribution in [1.82, 2.24) is 24.7 Å². The van der Waals surface area contributed by atoms with Crippen molar-refractivity contribution in [3.63, 3.8) is 0 Å². The van der Waals surface area contributed by atoms with E-state index < -0.39 is 21.2 Å². The lowest BCUT2D eigenvalue weighted by molar-refractivity contribution is 0.123. The minimum absolute atomic E-state index is 0.0171. The molecule has 0 bridgehead atoms. The van der Waals surface area contributed by atoms with Gasteiger partial charge in [0, 0.05) is 24.2 Å². The molecule has 0 radical (unpaired) electrons. The van der Waals surface area contributed by atoms with Crippen LogP contribution in [0.3, 0.4) is 0 Å². The van der Waals surface area contributed by atoms with Crippen LogP contribution in [-0.4, -0.2) is 65.3 Å². The maximum atomic E-state index is 13.5. The molecule has 1 aliphatic rings. The fraction of sp³-hybridized carbons (Fsp3) is 0.478. The topological polar surface area (TPSA) is 130 Å². The van der Waals surface area contributed by atoms with E-state index in [1.165, 1.54) is 26.6 Å². The van der Waals surface area contributed by atoms with Crippen LogP contribution in [0.4, 0.5) is 5.95 Å². The number of nitrogens with zero attached hydrogens (tertiary/aromatic N) is 5. The first kappa shape index (κ1) is 26.1. The Balaban J connectivity index is 1.77. The lowest BCUT2D eigenvalue weighted by Gasteiger charge is -2.22. The van der Waals surface area contributed by atoms with Gasteiger partial charge in [-0.1, -0.05) is 24.6 Å². The van der Waals surface area contributed by atoms with Crippen LogP contribution in [-0.2, 0) is 14.8 Å². The van der Waals surface area contributed by atoms with E-state index in [1.54, 1.807) is 36.6 Å². The van der Waals surface area contributed by atoms with Gasteiger partial charge in [0.2, 0.25) is 16.0 Å². The smallest absolute Gasteiger partial charge is 0.243 e. The molecule has 11 nitrogen and oxygen atoms in total. The molecule has 13 heteroatoms. The summed E-state index contributed by atoms with van der Waals surface area (Å²) in [6.07, 6.45) is 3.63. The number of hydrogen-bond acceptors (Lipinski definition) is 9. The molecule has 4 rings (SSSR count). The number of aromatic nitrogens is 5. The third-order valence-electron chi connectivity index (χ3n) is 6.35. The van der Waals surface area contributed by atoms with Crippen molar-refractivity contribution in [2.75, 3.05) is 25.5 Å². The second-order valence-corrected chi connectivity index (χ2v) is 11.2. The Morgan fingerprint density at radius 2 is 1.78 bits per heavy atom. The molecular formula is C23H29ClN6O5S. The molecule has 3 aromatic rings. The number of sulfonamides is 1. The molecule has 0 aliphatic carbocycles. The standard InChI is InChI=1S/C23H29ClN6O5S/c1-13-9-16(12-35-13)22-27-28-23(30(22)20-18(33-4)7-6-8-19(20)34-5)29-36(31,32)15(3)14(2)21-25-10-17(24)11-26-21/h6-8,10-11,13-16H,9,12H2,1-5H3,(H,28,29)/t13-,14?,15?,16+/m0/s1. The summed E-state index contributed by atoms with van der Waals surface area (Å²) in [5.41, 5.74) is 0.487. The van der Waals surface area contributed by atoms with Crippen LogP contribution in [0.1, 0.15) is 50.7 Å². The molecule has 2 aromatic heterocycles. The Morgan fingerprint density at radius 3 is 2.33 bits per heavy atom. The van der Waals surface area contributed by atoms with Crippen molar-refractivity contribution in [3.05, 3.63) is 47.3 Å². The van der Waals surface area contributed by atoms with E-state index in [0.717, 1.165) is 0 Å². The van der Waals surface area contributed by atoms with Crippen molar-refractivity contribution in [2.45, 2.75) is 50.4 Å². The molecule has 3 heterocycles. The third kappa shape index (κ3) is 5.11. The predicted molar refractivity (Wildman–Crippen MR) is 135 cm³/mol. The minimum Gasteiger partial charge on any atom is -0.494 e. The molecule has 1 N–H and O–H groups in total. The Kier molecular flexibility index (Phi) is 7.67. The SMILES string of the molecule is COc1cccc(OC)c1-n1c(NS(=O)(=O)C(C)C(C)c2ncc(Cl)cn2)nnc1[C@H]1CO[C@@H](C)C1. The molecule has 4 atom stereocenters. The Bertz CT molecular complexity index is 1290. The van der Waals surface area contributed by atoms with Crippen LogP contribution in [0, 0.1) is 0 Å².